The molecule has 74 valence electrons. The van der Waals surface area contributed by atoms with Crippen molar-refractivity contribution < 1.29 is 4.79 Å². The lowest BCUT2D eigenvalue weighted by atomic mass is 10.2. The van der Waals surface area contributed by atoms with Gasteiger partial charge in [-0.05, 0) is 33.1 Å². The molecule has 0 aromatic carbocycles. The van der Waals surface area contributed by atoms with Crippen molar-refractivity contribution in [2.24, 2.45) is 0 Å². The highest BCUT2D eigenvalue weighted by atomic mass is 16.2. The van der Waals surface area contributed by atoms with E-state index in [2.05, 4.69) is 19.2 Å². The first-order chi connectivity index (χ1) is 6.18. The van der Waals surface area contributed by atoms with E-state index in [0.717, 1.165) is 13.0 Å². The van der Waals surface area contributed by atoms with Gasteiger partial charge in [-0.2, -0.15) is 0 Å². The zero-order valence-electron chi connectivity index (χ0n) is 8.42. The summed E-state index contributed by atoms with van der Waals surface area (Å²) in [6.07, 6.45) is 3.50. The molecule has 1 atom stereocenters. The van der Waals surface area contributed by atoms with Gasteiger partial charge in [-0.25, -0.2) is 0 Å². The predicted molar refractivity (Wildman–Crippen MR) is 51.4 cm³/mol. The second-order valence-electron chi connectivity index (χ2n) is 4.41. The van der Waals surface area contributed by atoms with Gasteiger partial charge in [-0.1, -0.05) is 0 Å². The van der Waals surface area contributed by atoms with Crippen molar-refractivity contribution in [3.63, 3.8) is 0 Å². The fraction of sp³-hybridized carbons (Fsp3) is 0.900. The highest BCUT2D eigenvalue weighted by molar-refractivity contribution is 5.84. The Kier molecular flexibility index (Phi) is 2.28. The second-order valence-corrected chi connectivity index (χ2v) is 4.41. The van der Waals surface area contributed by atoms with Crippen LogP contribution in [0.25, 0.3) is 0 Å². The maximum atomic E-state index is 11.8. The van der Waals surface area contributed by atoms with Crippen LogP contribution in [-0.2, 0) is 4.79 Å². The molecule has 2 rings (SSSR count). The van der Waals surface area contributed by atoms with Crippen LogP contribution in [0.2, 0.25) is 0 Å². The van der Waals surface area contributed by atoms with Crippen molar-refractivity contribution in [3.8, 4) is 0 Å². The van der Waals surface area contributed by atoms with Crippen LogP contribution in [0.15, 0.2) is 0 Å². The molecule has 1 unspecified atom stereocenters. The third-order valence-electron chi connectivity index (χ3n) is 2.88. The Morgan fingerprint density at radius 3 is 2.54 bits per heavy atom. The van der Waals surface area contributed by atoms with E-state index in [4.69, 9.17) is 0 Å². The van der Waals surface area contributed by atoms with Crippen molar-refractivity contribution in [1.29, 1.82) is 0 Å². The highest BCUT2D eigenvalue weighted by Crippen LogP contribution is 2.23. The molecule has 2 fully saturated rings. The molecule has 0 aromatic rings. The van der Waals surface area contributed by atoms with Crippen molar-refractivity contribution in [1.82, 2.24) is 10.2 Å². The maximum Gasteiger partial charge on any atom is 0.240 e. The van der Waals surface area contributed by atoms with Crippen molar-refractivity contribution in [3.05, 3.63) is 0 Å². The number of amides is 1. The maximum absolute atomic E-state index is 11.8. The molecule has 0 bridgehead atoms. The molecule has 3 heteroatoms. The predicted octanol–water partition coefficient (Wildman–Crippen LogP) is 0.748. The molecule has 1 saturated heterocycles. The summed E-state index contributed by atoms with van der Waals surface area (Å²) in [7, 11) is 0. The molecule has 13 heavy (non-hydrogen) atoms. The first-order valence-corrected chi connectivity index (χ1v) is 5.25. The molecule has 1 saturated carbocycles. The Balaban J connectivity index is 1.89. The standard InChI is InChI=1S/C10H18N2O/c1-7(2)12-6-5-9(10(12)13)11-8-3-4-8/h7-9,11H,3-6H2,1-2H3. The van der Waals surface area contributed by atoms with Crippen LogP contribution in [-0.4, -0.2) is 35.5 Å². The van der Waals surface area contributed by atoms with Crippen LogP contribution in [0.4, 0.5) is 0 Å². The Morgan fingerprint density at radius 1 is 1.38 bits per heavy atom. The summed E-state index contributed by atoms with van der Waals surface area (Å²) in [5, 5.41) is 3.40. The molecule has 1 amide bonds. The average molecular weight is 182 g/mol. The van der Waals surface area contributed by atoms with E-state index in [9.17, 15) is 4.79 Å². The van der Waals surface area contributed by atoms with E-state index < -0.39 is 0 Å². The number of carbonyl (C=O) groups excluding carboxylic acids is 1. The van der Waals surface area contributed by atoms with Gasteiger partial charge in [-0.15, -0.1) is 0 Å². The van der Waals surface area contributed by atoms with E-state index in [1.807, 2.05) is 4.90 Å². The zero-order chi connectivity index (χ0) is 9.42. The molecular weight excluding hydrogens is 164 g/mol. The number of likely N-dealkylation sites (tertiary alicyclic amines) is 1. The van der Waals surface area contributed by atoms with Gasteiger partial charge in [0.05, 0.1) is 6.04 Å². The van der Waals surface area contributed by atoms with Crippen LogP contribution in [0.5, 0.6) is 0 Å². The summed E-state index contributed by atoms with van der Waals surface area (Å²) in [6, 6.07) is 1.12. The molecule has 0 radical (unpaired) electrons. The van der Waals surface area contributed by atoms with E-state index in [1.165, 1.54) is 12.8 Å². The van der Waals surface area contributed by atoms with Gasteiger partial charge in [0.1, 0.15) is 0 Å². The first kappa shape index (κ1) is 9.00. The summed E-state index contributed by atoms with van der Waals surface area (Å²) in [5.74, 6) is 0.307. The quantitative estimate of drug-likeness (QED) is 0.698. The molecule has 3 nitrogen and oxygen atoms in total. The van der Waals surface area contributed by atoms with Crippen LogP contribution >= 0.6 is 0 Å². The number of nitrogens with zero attached hydrogens (tertiary/aromatic N) is 1. The molecular formula is C10H18N2O. The van der Waals surface area contributed by atoms with Gasteiger partial charge in [0, 0.05) is 18.6 Å². The monoisotopic (exact) mass is 182 g/mol. The minimum atomic E-state index is 0.120. The van der Waals surface area contributed by atoms with Crippen molar-refractivity contribution in [2.75, 3.05) is 6.54 Å². The normalized spacial score (nSPS) is 29.0. The zero-order valence-corrected chi connectivity index (χ0v) is 8.42. The molecule has 0 spiro atoms. The average Bonchev–Trinajstić information content (AvgIpc) is 2.78. The van der Waals surface area contributed by atoms with Crippen LogP contribution in [0.1, 0.15) is 33.1 Å². The SMILES string of the molecule is CC(C)N1CCC(NC2CC2)C1=O. The van der Waals surface area contributed by atoms with Gasteiger partial charge in [0.2, 0.25) is 5.91 Å². The number of hydrogen-bond donors (Lipinski definition) is 1. The fourth-order valence-corrected chi connectivity index (χ4v) is 1.90. The number of rotatable bonds is 3. The van der Waals surface area contributed by atoms with Gasteiger partial charge in [-0.3, -0.25) is 4.79 Å². The molecule has 1 aliphatic heterocycles. The third kappa shape index (κ3) is 1.85. The summed E-state index contributed by atoms with van der Waals surface area (Å²) in [5.41, 5.74) is 0. The molecule has 1 heterocycles. The van der Waals surface area contributed by atoms with Gasteiger partial charge in [0.15, 0.2) is 0 Å². The van der Waals surface area contributed by atoms with Gasteiger partial charge in [0.25, 0.3) is 0 Å². The van der Waals surface area contributed by atoms with Gasteiger partial charge >= 0.3 is 0 Å². The molecule has 1 N–H and O–H groups in total. The fourth-order valence-electron chi connectivity index (χ4n) is 1.90. The lowest BCUT2D eigenvalue weighted by Gasteiger charge is -2.21. The minimum absolute atomic E-state index is 0.120. The molecule has 1 aliphatic carbocycles. The summed E-state index contributed by atoms with van der Waals surface area (Å²) < 4.78 is 0. The Bertz CT molecular complexity index is 211. The third-order valence-corrected chi connectivity index (χ3v) is 2.88. The van der Waals surface area contributed by atoms with Crippen molar-refractivity contribution >= 4 is 5.91 Å². The smallest absolute Gasteiger partial charge is 0.240 e. The Labute approximate surface area is 79.5 Å². The Morgan fingerprint density at radius 2 is 2.08 bits per heavy atom. The van der Waals surface area contributed by atoms with Crippen LogP contribution < -0.4 is 5.32 Å². The second kappa shape index (κ2) is 3.29. The van der Waals surface area contributed by atoms with Crippen LogP contribution in [0.3, 0.4) is 0 Å². The highest BCUT2D eigenvalue weighted by Gasteiger charge is 2.36. The summed E-state index contributed by atoms with van der Waals surface area (Å²) in [6.45, 7) is 5.09. The summed E-state index contributed by atoms with van der Waals surface area (Å²) >= 11 is 0. The topological polar surface area (TPSA) is 32.3 Å². The Hall–Kier alpha value is -0.570. The number of hydrogen-bond acceptors (Lipinski definition) is 2. The van der Waals surface area contributed by atoms with Crippen LogP contribution in [0, 0.1) is 0 Å². The van der Waals surface area contributed by atoms with Crippen molar-refractivity contribution in [2.45, 2.75) is 51.2 Å². The molecule has 0 aromatic heterocycles. The van der Waals surface area contributed by atoms with E-state index in [0.29, 0.717) is 18.0 Å². The number of carbonyl (C=O) groups is 1. The molecule has 2 aliphatic rings. The van der Waals surface area contributed by atoms with E-state index >= 15 is 0 Å². The van der Waals surface area contributed by atoms with E-state index in [-0.39, 0.29) is 6.04 Å². The lowest BCUT2D eigenvalue weighted by Crippen LogP contribution is -2.41. The lowest BCUT2D eigenvalue weighted by molar-refractivity contribution is -0.130. The van der Waals surface area contributed by atoms with E-state index in [1.54, 1.807) is 0 Å². The minimum Gasteiger partial charge on any atom is -0.339 e. The summed E-state index contributed by atoms with van der Waals surface area (Å²) in [4.78, 5) is 13.7. The largest absolute Gasteiger partial charge is 0.339 e. The number of nitrogens with one attached hydrogen (secondary N) is 1. The first-order valence-electron chi connectivity index (χ1n) is 5.25. The van der Waals surface area contributed by atoms with Gasteiger partial charge < -0.3 is 10.2 Å².